The molecule has 0 radical (unpaired) electrons. The molecule has 0 spiro atoms. The lowest BCUT2D eigenvalue weighted by molar-refractivity contribution is -0.155. The van der Waals surface area contributed by atoms with E-state index in [2.05, 4.69) is 0 Å². The molecule has 7 nitrogen and oxygen atoms in total. The number of likely N-dealkylation sites (N-methyl/N-ethyl adjacent to an activating group) is 1. The normalized spacial score (nSPS) is 19.7. The molecular formula is C18H20N2O5S. The van der Waals surface area contributed by atoms with Crippen molar-refractivity contribution in [3.63, 3.8) is 0 Å². The Kier molecular flexibility index (Phi) is 6.16. The molecule has 1 fully saturated rings. The summed E-state index contributed by atoms with van der Waals surface area (Å²) in [5.74, 6) is -1.11. The van der Waals surface area contributed by atoms with Gasteiger partial charge in [-0.05, 0) is 37.1 Å². The van der Waals surface area contributed by atoms with Crippen molar-refractivity contribution in [3.8, 4) is 6.07 Å². The molecule has 1 amide bonds. The lowest BCUT2D eigenvalue weighted by Gasteiger charge is -2.26. The summed E-state index contributed by atoms with van der Waals surface area (Å²) in [5, 5.41) is 8.74. The first-order chi connectivity index (χ1) is 12.2. The predicted octanol–water partition coefficient (Wildman–Crippen LogP) is 1.15. The van der Waals surface area contributed by atoms with E-state index in [0.29, 0.717) is 17.5 Å². The first-order valence-electron chi connectivity index (χ1n) is 8.08. The summed E-state index contributed by atoms with van der Waals surface area (Å²) < 4.78 is 28.1. The minimum Gasteiger partial charge on any atom is -0.449 e. The van der Waals surface area contributed by atoms with Crippen molar-refractivity contribution in [2.45, 2.75) is 25.5 Å². The van der Waals surface area contributed by atoms with Crippen molar-refractivity contribution in [1.82, 2.24) is 4.90 Å². The molecule has 1 saturated heterocycles. The van der Waals surface area contributed by atoms with E-state index in [1.54, 1.807) is 24.3 Å². The maximum Gasteiger partial charge on any atom is 0.331 e. The molecule has 1 aromatic carbocycles. The summed E-state index contributed by atoms with van der Waals surface area (Å²) >= 11 is 0. The smallest absolute Gasteiger partial charge is 0.331 e. The fraction of sp³-hybridized carbons (Fsp3) is 0.389. The number of carbonyl (C=O) groups is 2. The summed E-state index contributed by atoms with van der Waals surface area (Å²) in [7, 11) is -1.58. The zero-order valence-corrected chi connectivity index (χ0v) is 15.4. The van der Waals surface area contributed by atoms with Gasteiger partial charge < -0.3 is 9.64 Å². The summed E-state index contributed by atoms with van der Waals surface area (Å²) in [4.78, 5) is 25.5. The highest BCUT2D eigenvalue weighted by molar-refractivity contribution is 7.91. The van der Waals surface area contributed by atoms with Crippen LogP contribution in [-0.2, 0) is 24.2 Å². The predicted molar refractivity (Wildman–Crippen MR) is 95.6 cm³/mol. The fourth-order valence-corrected chi connectivity index (χ4v) is 4.42. The van der Waals surface area contributed by atoms with Crippen LogP contribution in [-0.4, -0.2) is 55.9 Å². The van der Waals surface area contributed by atoms with E-state index < -0.39 is 27.8 Å². The van der Waals surface area contributed by atoms with Gasteiger partial charge in [0.1, 0.15) is 0 Å². The molecule has 138 valence electrons. The molecule has 0 aliphatic carbocycles. The van der Waals surface area contributed by atoms with E-state index in [1.165, 1.54) is 31.0 Å². The third-order valence-electron chi connectivity index (χ3n) is 4.20. The highest BCUT2D eigenvalue weighted by Crippen LogP contribution is 2.17. The number of amides is 1. The standard InChI is InChI=1S/C18H20N2O5S/c1-13(18(22)20(2)16-9-10-26(23,24)12-16)25-17(21)8-7-14-3-5-15(11-19)6-4-14/h3-8,13,16H,9-10,12H2,1-2H3/b8-7+/t13-,16+/m0/s1. The van der Waals surface area contributed by atoms with Crippen molar-refractivity contribution < 1.29 is 22.7 Å². The van der Waals surface area contributed by atoms with Crippen LogP contribution in [0.5, 0.6) is 0 Å². The number of sulfone groups is 1. The molecule has 0 N–H and O–H groups in total. The van der Waals surface area contributed by atoms with Crippen LogP contribution < -0.4 is 0 Å². The van der Waals surface area contributed by atoms with E-state index in [-0.39, 0.29) is 17.5 Å². The molecule has 0 bridgehead atoms. The molecule has 0 aromatic heterocycles. The molecule has 1 aliphatic heterocycles. The number of hydrogen-bond donors (Lipinski definition) is 0. The zero-order chi connectivity index (χ0) is 19.3. The van der Waals surface area contributed by atoms with Crippen molar-refractivity contribution >= 4 is 27.8 Å². The first kappa shape index (κ1) is 19.7. The van der Waals surface area contributed by atoms with Crippen LogP contribution in [0.1, 0.15) is 24.5 Å². The highest BCUT2D eigenvalue weighted by Gasteiger charge is 2.34. The van der Waals surface area contributed by atoms with Crippen molar-refractivity contribution in [2.24, 2.45) is 0 Å². The lowest BCUT2D eigenvalue weighted by atomic mass is 10.1. The van der Waals surface area contributed by atoms with Crippen LogP contribution >= 0.6 is 0 Å². The fourth-order valence-electron chi connectivity index (χ4n) is 2.64. The van der Waals surface area contributed by atoms with Gasteiger partial charge in [0.2, 0.25) is 0 Å². The van der Waals surface area contributed by atoms with Crippen LogP contribution in [0.4, 0.5) is 0 Å². The molecule has 1 aromatic rings. The maximum absolute atomic E-state index is 12.3. The Labute approximate surface area is 152 Å². The average molecular weight is 376 g/mol. The lowest BCUT2D eigenvalue weighted by Crippen LogP contribution is -2.44. The van der Waals surface area contributed by atoms with E-state index in [4.69, 9.17) is 10.00 Å². The van der Waals surface area contributed by atoms with Gasteiger partial charge in [-0.1, -0.05) is 12.1 Å². The van der Waals surface area contributed by atoms with Crippen molar-refractivity contribution in [3.05, 3.63) is 41.5 Å². The monoisotopic (exact) mass is 376 g/mol. The van der Waals surface area contributed by atoms with Crippen LogP contribution in [0.3, 0.4) is 0 Å². The number of ether oxygens (including phenoxy) is 1. The SMILES string of the molecule is C[C@H](OC(=O)/C=C/c1ccc(C#N)cc1)C(=O)N(C)[C@@H]1CCS(=O)(=O)C1. The van der Waals surface area contributed by atoms with Gasteiger partial charge in [-0.25, -0.2) is 13.2 Å². The van der Waals surface area contributed by atoms with Gasteiger partial charge in [0.05, 0.1) is 23.1 Å². The molecular weight excluding hydrogens is 356 g/mol. The van der Waals surface area contributed by atoms with E-state index in [9.17, 15) is 18.0 Å². The minimum atomic E-state index is -3.10. The van der Waals surface area contributed by atoms with E-state index >= 15 is 0 Å². The number of nitriles is 1. The Bertz CT molecular complexity index is 853. The van der Waals surface area contributed by atoms with Crippen molar-refractivity contribution in [1.29, 1.82) is 5.26 Å². The Morgan fingerprint density at radius 1 is 1.35 bits per heavy atom. The quantitative estimate of drug-likeness (QED) is 0.564. The number of nitrogens with zero attached hydrogens (tertiary/aromatic N) is 2. The molecule has 0 unspecified atom stereocenters. The molecule has 2 atom stereocenters. The second kappa shape index (κ2) is 8.15. The minimum absolute atomic E-state index is 0.0610. The average Bonchev–Trinajstić information content (AvgIpc) is 2.98. The molecule has 2 rings (SSSR count). The van der Waals surface area contributed by atoms with Crippen molar-refractivity contribution in [2.75, 3.05) is 18.6 Å². The number of rotatable bonds is 5. The molecule has 8 heteroatoms. The Morgan fingerprint density at radius 2 is 2.00 bits per heavy atom. The van der Waals surface area contributed by atoms with Gasteiger partial charge in [-0.15, -0.1) is 0 Å². The van der Waals surface area contributed by atoms with Gasteiger partial charge in [0, 0.05) is 19.2 Å². The van der Waals surface area contributed by atoms with Gasteiger partial charge >= 0.3 is 5.97 Å². The third kappa shape index (κ3) is 5.17. The van der Waals surface area contributed by atoms with Gasteiger partial charge in [-0.3, -0.25) is 4.79 Å². The first-order valence-corrected chi connectivity index (χ1v) is 9.90. The largest absolute Gasteiger partial charge is 0.449 e. The molecule has 26 heavy (non-hydrogen) atoms. The van der Waals surface area contributed by atoms with Crippen LogP contribution in [0.25, 0.3) is 6.08 Å². The Morgan fingerprint density at radius 3 is 2.54 bits per heavy atom. The Hall–Kier alpha value is -2.66. The zero-order valence-electron chi connectivity index (χ0n) is 14.6. The summed E-state index contributed by atoms with van der Waals surface area (Å²) in [5.41, 5.74) is 1.23. The third-order valence-corrected chi connectivity index (χ3v) is 5.95. The number of esters is 1. The van der Waals surface area contributed by atoms with E-state index in [1.807, 2.05) is 6.07 Å². The molecule has 1 heterocycles. The number of benzene rings is 1. The summed E-state index contributed by atoms with van der Waals surface area (Å²) in [6, 6.07) is 8.24. The molecule has 1 aliphatic rings. The van der Waals surface area contributed by atoms with Gasteiger partial charge in [0.25, 0.3) is 5.91 Å². The number of hydrogen-bond acceptors (Lipinski definition) is 6. The number of carbonyl (C=O) groups excluding carboxylic acids is 2. The Balaban J connectivity index is 1.90. The maximum atomic E-state index is 12.3. The van der Waals surface area contributed by atoms with Crippen LogP contribution in [0.2, 0.25) is 0 Å². The van der Waals surface area contributed by atoms with Crippen LogP contribution in [0, 0.1) is 11.3 Å². The van der Waals surface area contributed by atoms with E-state index in [0.717, 1.165) is 0 Å². The summed E-state index contributed by atoms with van der Waals surface area (Å²) in [6.45, 7) is 1.45. The topological polar surface area (TPSA) is 105 Å². The molecule has 0 saturated carbocycles. The second-order valence-electron chi connectivity index (χ2n) is 6.15. The highest BCUT2D eigenvalue weighted by atomic mass is 32.2. The van der Waals surface area contributed by atoms with Gasteiger partial charge in [0.15, 0.2) is 15.9 Å². The van der Waals surface area contributed by atoms with Crippen LogP contribution in [0.15, 0.2) is 30.3 Å². The second-order valence-corrected chi connectivity index (χ2v) is 8.38. The summed E-state index contributed by atoms with van der Waals surface area (Å²) in [6.07, 6.45) is 2.10. The van der Waals surface area contributed by atoms with Gasteiger partial charge in [-0.2, -0.15) is 5.26 Å².